The number of hydrogen-bond acceptors (Lipinski definition) is 4. The van der Waals surface area contributed by atoms with Crippen molar-refractivity contribution in [2.45, 2.75) is 6.92 Å². The van der Waals surface area contributed by atoms with Gasteiger partial charge >= 0.3 is 0 Å². The number of aromatic nitrogens is 2. The zero-order chi connectivity index (χ0) is 14.9. The Kier molecular flexibility index (Phi) is 3.12. The van der Waals surface area contributed by atoms with Crippen LogP contribution in [0.5, 0.6) is 0 Å². The van der Waals surface area contributed by atoms with Gasteiger partial charge in [0.25, 0.3) is 0 Å². The lowest BCUT2D eigenvalue weighted by Gasteiger charge is -1.99. The van der Waals surface area contributed by atoms with Gasteiger partial charge in [-0.3, -0.25) is 5.43 Å². The van der Waals surface area contributed by atoms with Crippen molar-refractivity contribution >= 4 is 43.3 Å². The number of thiazole rings is 1. The highest BCUT2D eigenvalue weighted by Crippen LogP contribution is 2.25. The molecule has 0 spiro atoms. The molecule has 5 heteroatoms. The monoisotopic (exact) mass is 306 g/mol. The smallest absolute Gasteiger partial charge is 0.204 e. The Morgan fingerprint density at radius 2 is 1.95 bits per heavy atom. The number of para-hydroxylation sites is 2. The van der Waals surface area contributed by atoms with Gasteiger partial charge in [0.1, 0.15) is 0 Å². The minimum absolute atomic E-state index is 0.806. The fourth-order valence-electron chi connectivity index (χ4n) is 2.48. The van der Waals surface area contributed by atoms with Crippen LogP contribution >= 0.6 is 11.3 Å². The van der Waals surface area contributed by atoms with Gasteiger partial charge in [-0.1, -0.05) is 41.7 Å². The second-order valence-corrected chi connectivity index (χ2v) is 6.07. The highest BCUT2D eigenvalue weighted by Gasteiger charge is 2.06. The summed E-state index contributed by atoms with van der Waals surface area (Å²) in [6.07, 6.45) is 1.99. The van der Waals surface area contributed by atoms with Crippen LogP contribution in [-0.2, 0) is 0 Å². The Balaban J connectivity index is 1.64. The number of hydrazone groups is 1. The molecule has 0 fully saturated rings. The van der Waals surface area contributed by atoms with Crippen LogP contribution in [0.4, 0.5) is 5.13 Å². The SMILES string of the molecule is C/C(=N/Nc1nc2ccccc2s1)c1c[nH]c2ccccc12. The van der Waals surface area contributed by atoms with Crippen LogP contribution in [0.2, 0.25) is 0 Å². The molecule has 108 valence electrons. The van der Waals surface area contributed by atoms with Gasteiger partial charge in [-0.15, -0.1) is 0 Å². The number of rotatable bonds is 3. The van der Waals surface area contributed by atoms with E-state index in [2.05, 4.69) is 38.7 Å². The van der Waals surface area contributed by atoms with E-state index in [4.69, 9.17) is 0 Å². The van der Waals surface area contributed by atoms with E-state index in [-0.39, 0.29) is 0 Å². The third kappa shape index (κ3) is 2.25. The minimum Gasteiger partial charge on any atom is -0.360 e. The fourth-order valence-corrected chi connectivity index (χ4v) is 3.29. The Labute approximate surface area is 131 Å². The molecule has 2 aromatic heterocycles. The van der Waals surface area contributed by atoms with Gasteiger partial charge in [0.2, 0.25) is 5.13 Å². The topological polar surface area (TPSA) is 53.1 Å². The van der Waals surface area contributed by atoms with Crippen molar-refractivity contribution in [2.75, 3.05) is 5.43 Å². The van der Waals surface area contributed by atoms with Crippen molar-refractivity contribution in [3.8, 4) is 0 Å². The lowest BCUT2D eigenvalue weighted by molar-refractivity contribution is 1.29. The van der Waals surface area contributed by atoms with E-state index in [1.54, 1.807) is 11.3 Å². The van der Waals surface area contributed by atoms with E-state index < -0.39 is 0 Å². The normalized spacial score (nSPS) is 12.1. The summed E-state index contributed by atoms with van der Waals surface area (Å²) in [6.45, 7) is 2.00. The molecule has 4 rings (SSSR count). The molecule has 0 atom stereocenters. The molecule has 0 amide bonds. The van der Waals surface area contributed by atoms with E-state index in [1.807, 2.05) is 43.5 Å². The van der Waals surface area contributed by atoms with Gasteiger partial charge in [-0.05, 0) is 25.1 Å². The van der Waals surface area contributed by atoms with E-state index in [0.717, 1.165) is 32.1 Å². The van der Waals surface area contributed by atoms with Crippen LogP contribution in [0.25, 0.3) is 21.1 Å². The summed E-state index contributed by atoms with van der Waals surface area (Å²) in [6, 6.07) is 16.3. The van der Waals surface area contributed by atoms with E-state index in [1.165, 1.54) is 5.39 Å². The van der Waals surface area contributed by atoms with Crippen LogP contribution in [0, 0.1) is 0 Å². The van der Waals surface area contributed by atoms with Gasteiger partial charge in [0.05, 0.1) is 15.9 Å². The number of H-pyrrole nitrogens is 1. The minimum atomic E-state index is 0.806. The van der Waals surface area contributed by atoms with Gasteiger partial charge in [0, 0.05) is 22.7 Å². The molecule has 2 N–H and O–H groups in total. The third-order valence-corrected chi connectivity index (χ3v) is 4.53. The third-order valence-electron chi connectivity index (χ3n) is 3.59. The van der Waals surface area contributed by atoms with Gasteiger partial charge in [0.15, 0.2) is 0 Å². The lowest BCUT2D eigenvalue weighted by atomic mass is 10.1. The van der Waals surface area contributed by atoms with Crippen molar-refractivity contribution in [2.24, 2.45) is 5.10 Å². The number of anilines is 1. The molecule has 4 aromatic rings. The van der Waals surface area contributed by atoms with Crippen molar-refractivity contribution in [3.63, 3.8) is 0 Å². The maximum atomic E-state index is 4.52. The predicted octanol–water partition coefficient (Wildman–Crippen LogP) is 4.61. The fraction of sp³-hybridized carbons (Fsp3) is 0.0588. The molecular weight excluding hydrogens is 292 g/mol. The number of hydrogen-bond donors (Lipinski definition) is 2. The van der Waals surface area contributed by atoms with Crippen LogP contribution < -0.4 is 5.43 Å². The van der Waals surface area contributed by atoms with Crippen molar-refractivity contribution in [1.82, 2.24) is 9.97 Å². The summed E-state index contributed by atoms with van der Waals surface area (Å²) in [5.74, 6) is 0. The quantitative estimate of drug-likeness (QED) is 0.429. The summed E-state index contributed by atoms with van der Waals surface area (Å²) < 4.78 is 1.16. The molecule has 0 saturated heterocycles. The van der Waals surface area contributed by atoms with Crippen LogP contribution in [0.15, 0.2) is 59.8 Å². The summed E-state index contributed by atoms with van der Waals surface area (Å²) >= 11 is 1.60. The maximum absolute atomic E-state index is 4.52. The molecule has 2 heterocycles. The molecule has 22 heavy (non-hydrogen) atoms. The number of benzene rings is 2. The highest BCUT2D eigenvalue weighted by molar-refractivity contribution is 7.22. The van der Waals surface area contributed by atoms with Crippen LogP contribution in [-0.4, -0.2) is 15.7 Å². The molecule has 0 saturated carbocycles. The number of aromatic amines is 1. The standard InChI is InChI=1S/C17H14N4S/c1-11(13-10-18-14-7-3-2-6-12(13)14)20-21-17-19-15-8-4-5-9-16(15)22-17/h2-10,18H,1H3,(H,19,21)/b20-11-. The van der Waals surface area contributed by atoms with E-state index in [9.17, 15) is 0 Å². The molecule has 4 nitrogen and oxygen atoms in total. The van der Waals surface area contributed by atoms with E-state index >= 15 is 0 Å². The first-order valence-electron chi connectivity index (χ1n) is 7.03. The maximum Gasteiger partial charge on any atom is 0.204 e. The molecule has 0 aliphatic carbocycles. The van der Waals surface area contributed by atoms with Crippen molar-refractivity contribution in [1.29, 1.82) is 0 Å². The molecule has 0 aliphatic heterocycles. The Morgan fingerprint density at radius 1 is 1.14 bits per heavy atom. The summed E-state index contributed by atoms with van der Waals surface area (Å²) in [5, 5.41) is 6.46. The summed E-state index contributed by atoms with van der Waals surface area (Å²) in [5.41, 5.74) is 7.21. The molecule has 0 bridgehead atoms. The zero-order valence-electron chi connectivity index (χ0n) is 12.0. The second-order valence-electron chi connectivity index (χ2n) is 5.04. The number of fused-ring (bicyclic) bond motifs is 2. The van der Waals surface area contributed by atoms with Crippen molar-refractivity contribution in [3.05, 3.63) is 60.3 Å². The first kappa shape index (κ1) is 13.0. The molecule has 0 aliphatic rings. The van der Waals surface area contributed by atoms with Crippen LogP contribution in [0.3, 0.4) is 0 Å². The average molecular weight is 306 g/mol. The Morgan fingerprint density at radius 3 is 2.86 bits per heavy atom. The first-order valence-corrected chi connectivity index (χ1v) is 7.85. The zero-order valence-corrected chi connectivity index (χ0v) is 12.8. The van der Waals surface area contributed by atoms with E-state index in [0.29, 0.717) is 0 Å². The summed E-state index contributed by atoms with van der Waals surface area (Å²) in [7, 11) is 0. The molecule has 2 aromatic carbocycles. The van der Waals surface area contributed by atoms with Crippen LogP contribution in [0.1, 0.15) is 12.5 Å². The Hall–Kier alpha value is -2.66. The van der Waals surface area contributed by atoms with Crippen molar-refractivity contribution < 1.29 is 0 Å². The van der Waals surface area contributed by atoms with Gasteiger partial charge in [-0.2, -0.15) is 5.10 Å². The predicted molar refractivity (Wildman–Crippen MR) is 93.8 cm³/mol. The lowest BCUT2D eigenvalue weighted by Crippen LogP contribution is -1.98. The first-order chi connectivity index (χ1) is 10.8. The average Bonchev–Trinajstić information content (AvgIpc) is 3.16. The molecule has 0 unspecified atom stereocenters. The second kappa shape index (κ2) is 5.27. The molecular formula is C17H14N4S. The Bertz CT molecular complexity index is 947. The largest absolute Gasteiger partial charge is 0.360 e. The van der Waals surface area contributed by atoms with Gasteiger partial charge < -0.3 is 4.98 Å². The number of nitrogens with zero attached hydrogens (tertiary/aromatic N) is 2. The number of nitrogens with one attached hydrogen (secondary N) is 2. The summed E-state index contributed by atoms with van der Waals surface area (Å²) in [4.78, 5) is 7.79. The molecule has 0 radical (unpaired) electrons. The van der Waals surface area contributed by atoms with Gasteiger partial charge in [-0.25, -0.2) is 4.98 Å². The highest BCUT2D eigenvalue weighted by atomic mass is 32.1.